The molecule has 0 aromatic heterocycles. The van der Waals surface area contributed by atoms with Crippen molar-refractivity contribution in [3.63, 3.8) is 0 Å². The molecule has 4 nitrogen and oxygen atoms in total. The zero-order valence-electron chi connectivity index (χ0n) is 13.9. The number of amides is 1. The van der Waals surface area contributed by atoms with Crippen molar-refractivity contribution >= 4 is 34.8 Å². The predicted octanol–water partition coefficient (Wildman–Crippen LogP) is 4.98. The number of hydrogen-bond acceptors (Lipinski definition) is 3. The number of nitrogens with zero attached hydrogens (tertiary/aromatic N) is 1. The lowest BCUT2D eigenvalue weighted by Crippen LogP contribution is -2.42. The van der Waals surface area contributed by atoms with Gasteiger partial charge in [-0.3, -0.25) is 4.79 Å². The van der Waals surface area contributed by atoms with Crippen molar-refractivity contribution in [2.24, 2.45) is 10.9 Å². The van der Waals surface area contributed by atoms with Crippen molar-refractivity contribution < 1.29 is 22.8 Å². The maximum atomic E-state index is 14.0. The van der Waals surface area contributed by atoms with Crippen molar-refractivity contribution in [2.45, 2.75) is 25.1 Å². The number of primary amides is 1. The molecule has 0 aliphatic carbocycles. The average Bonchev–Trinajstić information content (AvgIpc) is 3.00. The van der Waals surface area contributed by atoms with Gasteiger partial charge in [-0.05, 0) is 48.4 Å². The largest absolute Gasteiger partial charge is 0.435 e. The van der Waals surface area contributed by atoms with Crippen molar-refractivity contribution in [1.82, 2.24) is 0 Å². The lowest BCUT2D eigenvalue weighted by Gasteiger charge is -2.29. The van der Waals surface area contributed by atoms with E-state index < -0.39 is 24.1 Å². The van der Waals surface area contributed by atoms with E-state index in [1.165, 1.54) is 18.2 Å². The molecule has 1 aliphatic heterocycles. The molecule has 1 atom stereocenters. The molecule has 3 rings (SSSR count). The summed E-state index contributed by atoms with van der Waals surface area (Å²) in [6.45, 7) is 1.63. The first-order chi connectivity index (χ1) is 12.5. The lowest BCUT2D eigenvalue weighted by molar-refractivity contribution is -0.275. The van der Waals surface area contributed by atoms with E-state index in [-0.39, 0.29) is 26.9 Å². The van der Waals surface area contributed by atoms with Crippen LogP contribution in [-0.2, 0) is 10.4 Å². The average molecular weight is 417 g/mol. The SMILES string of the molecule is Cc1cc(C2=NO[C@@](c3cc(Cl)cc(Cl)c3)(C(F)(F)F)C2)ccc1C(N)=O. The summed E-state index contributed by atoms with van der Waals surface area (Å²) in [5, 5.41) is 3.78. The van der Waals surface area contributed by atoms with Crippen molar-refractivity contribution in [1.29, 1.82) is 0 Å². The van der Waals surface area contributed by atoms with Crippen LogP contribution in [0.1, 0.15) is 33.5 Å². The number of carbonyl (C=O) groups excluding carboxylic acids is 1. The minimum Gasteiger partial charge on any atom is -0.374 e. The second kappa shape index (κ2) is 6.73. The molecule has 1 amide bonds. The number of oxime groups is 1. The molecule has 0 saturated heterocycles. The van der Waals surface area contributed by atoms with Gasteiger partial charge in [0.25, 0.3) is 5.60 Å². The molecule has 0 fully saturated rings. The first-order valence-electron chi connectivity index (χ1n) is 7.73. The van der Waals surface area contributed by atoms with E-state index in [4.69, 9.17) is 33.8 Å². The third kappa shape index (κ3) is 3.49. The zero-order valence-corrected chi connectivity index (χ0v) is 15.4. The van der Waals surface area contributed by atoms with Crippen LogP contribution in [-0.4, -0.2) is 17.8 Å². The molecule has 142 valence electrons. The highest BCUT2D eigenvalue weighted by atomic mass is 35.5. The molecule has 0 bridgehead atoms. The van der Waals surface area contributed by atoms with Crippen LogP contribution in [0.3, 0.4) is 0 Å². The van der Waals surface area contributed by atoms with Gasteiger partial charge in [-0.1, -0.05) is 34.4 Å². The number of carbonyl (C=O) groups is 1. The van der Waals surface area contributed by atoms with Gasteiger partial charge >= 0.3 is 6.18 Å². The van der Waals surface area contributed by atoms with E-state index in [1.807, 2.05) is 0 Å². The highest BCUT2D eigenvalue weighted by Gasteiger charge is 2.62. The number of aryl methyl sites for hydroxylation is 1. The minimum absolute atomic E-state index is 0.0554. The molecule has 2 aromatic rings. The molecule has 1 aliphatic rings. The summed E-state index contributed by atoms with van der Waals surface area (Å²) in [5.41, 5.74) is 3.61. The molecule has 0 radical (unpaired) electrons. The van der Waals surface area contributed by atoms with Gasteiger partial charge in [0.15, 0.2) is 0 Å². The van der Waals surface area contributed by atoms with Crippen LogP contribution in [0.4, 0.5) is 13.2 Å². The fraction of sp³-hybridized carbons (Fsp3) is 0.222. The Morgan fingerprint density at radius 2 is 1.81 bits per heavy atom. The molecule has 2 aromatic carbocycles. The summed E-state index contributed by atoms with van der Waals surface area (Å²) >= 11 is 11.7. The molecule has 0 spiro atoms. The monoisotopic (exact) mass is 416 g/mol. The van der Waals surface area contributed by atoms with E-state index in [0.717, 1.165) is 12.1 Å². The predicted molar refractivity (Wildman–Crippen MR) is 96.1 cm³/mol. The Kier molecular flexibility index (Phi) is 4.86. The third-order valence-electron chi connectivity index (χ3n) is 4.34. The van der Waals surface area contributed by atoms with Gasteiger partial charge in [0.2, 0.25) is 5.91 Å². The van der Waals surface area contributed by atoms with E-state index in [9.17, 15) is 18.0 Å². The van der Waals surface area contributed by atoms with Crippen molar-refractivity contribution in [3.8, 4) is 0 Å². The summed E-state index contributed by atoms with van der Waals surface area (Å²) in [7, 11) is 0. The topological polar surface area (TPSA) is 64.7 Å². The summed E-state index contributed by atoms with van der Waals surface area (Å²) in [6.07, 6.45) is -5.34. The highest BCUT2D eigenvalue weighted by Crippen LogP contribution is 2.49. The second-order valence-corrected chi connectivity index (χ2v) is 7.06. The van der Waals surface area contributed by atoms with Crippen LogP contribution in [0.5, 0.6) is 0 Å². The second-order valence-electron chi connectivity index (χ2n) is 6.18. The molecule has 2 N–H and O–H groups in total. The molecule has 0 unspecified atom stereocenters. The maximum Gasteiger partial charge on any atom is 0.435 e. The molecular weight excluding hydrogens is 404 g/mol. The molecule has 9 heteroatoms. The first-order valence-corrected chi connectivity index (χ1v) is 8.48. The van der Waals surface area contributed by atoms with Crippen LogP contribution in [0.25, 0.3) is 0 Å². The van der Waals surface area contributed by atoms with Crippen molar-refractivity contribution in [3.05, 3.63) is 68.7 Å². The highest BCUT2D eigenvalue weighted by molar-refractivity contribution is 6.34. The third-order valence-corrected chi connectivity index (χ3v) is 4.78. The van der Waals surface area contributed by atoms with Gasteiger partial charge in [0, 0.05) is 27.6 Å². The summed E-state index contributed by atoms with van der Waals surface area (Å²) in [6, 6.07) is 8.10. The van der Waals surface area contributed by atoms with Gasteiger partial charge in [0.05, 0.1) is 5.71 Å². The van der Waals surface area contributed by atoms with Gasteiger partial charge < -0.3 is 10.6 Å². The Hall–Kier alpha value is -2.25. The Morgan fingerprint density at radius 3 is 2.33 bits per heavy atom. The summed E-state index contributed by atoms with van der Waals surface area (Å²) < 4.78 is 41.9. The molecular formula is C18H13Cl2F3N2O2. The van der Waals surface area contributed by atoms with E-state index >= 15 is 0 Å². The Balaban J connectivity index is 2.02. The zero-order chi connectivity index (χ0) is 20.0. The van der Waals surface area contributed by atoms with E-state index in [2.05, 4.69) is 5.16 Å². The van der Waals surface area contributed by atoms with Crippen LogP contribution in [0, 0.1) is 6.92 Å². The molecule has 0 saturated carbocycles. The number of rotatable bonds is 3. The molecule has 27 heavy (non-hydrogen) atoms. The van der Waals surface area contributed by atoms with E-state index in [1.54, 1.807) is 13.0 Å². The number of halogens is 5. The quantitative estimate of drug-likeness (QED) is 0.766. The first kappa shape index (κ1) is 19.5. The van der Waals surface area contributed by atoms with Crippen LogP contribution in [0.2, 0.25) is 10.0 Å². The summed E-state index contributed by atoms with van der Waals surface area (Å²) in [5.74, 6) is -0.623. The van der Waals surface area contributed by atoms with Gasteiger partial charge in [-0.2, -0.15) is 13.2 Å². The number of nitrogens with two attached hydrogens (primary N) is 1. The fourth-order valence-electron chi connectivity index (χ4n) is 2.97. The van der Waals surface area contributed by atoms with Gasteiger partial charge in [-0.15, -0.1) is 0 Å². The lowest BCUT2D eigenvalue weighted by atomic mass is 9.86. The summed E-state index contributed by atoms with van der Waals surface area (Å²) in [4.78, 5) is 16.3. The number of hydrogen-bond donors (Lipinski definition) is 1. The van der Waals surface area contributed by atoms with Crippen LogP contribution >= 0.6 is 23.2 Å². The van der Waals surface area contributed by atoms with Gasteiger partial charge in [0.1, 0.15) is 0 Å². The number of benzene rings is 2. The Labute approximate surface area is 162 Å². The smallest absolute Gasteiger partial charge is 0.374 e. The standard InChI is InChI=1S/C18H13Cl2F3N2O2/c1-9-4-10(2-3-14(9)16(24)26)15-8-17(27-25-15,18(21,22)23)11-5-12(19)7-13(20)6-11/h2-7H,8H2,1H3,(H2,24,26)/t17-/m0/s1. The minimum atomic E-state index is -4.77. The Morgan fingerprint density at radius 1 is 1.19 bits per heavy atom. The normalized spacial score (nSPS) is 19.6. The van der Waals surface area contributed by atoms with Gasteiger partial charge in [-0.25, -0.2) is 0 Å². The maximum absolute atomic E-state index is 14.0. The van der Waals surface area contributed by atoms with Crippen molar-refractivity contribution in [2.75, 3.05) is 0 Å². The molecule has 1 heterocycles. The number of alkyl halides is 3. The van der Waals surface area contributed by atoms with E-state index in [0.29, 0.717) is 11.1 Å². The Bertz CT molecular complexity index is 940. The van der Waals surface area contributed by atoms with Crippen LogP contribution < -0.4 is 5.73 Å². The fourth-order valence-corrected chi connectivity index (χ4v) is 3.49. The van der Waals surface area contributed by atoms with Crippen LogP contribution in [0.15, 0.2) is 41.6 Å².